The molecule has 0 spiro atoms. The Morgan fingerprint density at radius 1 is 0.794 bits per heavy atom. The number of nitrogens with zero attached hydrogens (tertiary/aromatic N) is 2. The second kappa shape index (κ2) is 11.5. The average Bonchev–Trinajstić information content (AvgIpc) is 2.91. The maximum Gasteiger partial charge on any atom is 0.337 e. The summed E-state index contributed by atoms with van der Waals surface area (Å²) in [5.41, 5.74) is 4.68. The lowest BCUT2D eigenvalue weighted by atomic mass is 10.1. The van der Waals surface area contributed by atoms with Crippen LogP contribution in [0.15, 0.2) is 114 Å². The summed E-state index contributed by atoms with van der Waals surface area (Å²) < 4.78 is 10.6. The lowest BCUT2D eigenvalue weighted by Crippen LogP contribution is -2.15. The molecular formula is C29H26N2O3. The van der Waals surface area contributed by atoms with Crippen LogP contribution in [0.2, 0.25) is 0 Å². The SMILES string of the molecule is COC(=O)c1ccc(COc2ccc(C=NN(Cc3ccccc3)c3ccccc3)cc2)cc1. The van der Waals surface area contributed by atoms with Gasteiger partial charge in [0.15, 0.2) is 0 Å². The van der Waals surface area contributed by atoms with Crippen molar-refractivity contribution in [1.82, 2.24) is 0 Å². The number of rotatable bonds is 9. The molecule has 4 rings (SSSR count). The summed E-state index contributed by atoms with van der Waals surface area (Å²) in [6, 6.07) is 35.4. The Kier molecular flexibility index (Phi) is 7.70. The van der Waals surface area contributed by atoms with Gasteiger partial charge in [-0.1, -0.05) is 60.7 Å². The minimum atomic E-state index is -0.348. The van der Waals surface area contributed by atoms with Gasteiger partial charge >= 0.3 is 5.97 Å². The van der Waals surface area contributed by atoms with E-state index in [0.29, 0.717) is 18.7 Å². The molecule has 0 aromatic heterocycles. The zero-order valence-electron chi connectivity index (χ0n) is 19.0. The molecule has 170 valence electrons. The van der Waals surface area contributed by atoms with E-state index < -0.39 is 0 Å². The first-order valence-corrected chi connectivity index (χ1v) is 11.0. The van der Waals surface area contributed by atoms with Crippen LogP contribution in [0.25, 0.3) is 0 Å². The Morgan fingerprint density at radius 2 is 1.44 bits per heavy atom. The Balaban J connectivity index is 1.39. The van der Waals surface area contributed by atoms with Gasteiger partial charge in [0.2, 0.25) is 0 Å². The summed E-state index contributed by atoms with van der Waals surface area (Å²) in [6.45, 7) is 1.09. The smallest absolute Gasteiger partial charge is 0.337 e. The van der Waals surface area contributed by atoms with Gasteiger partial charge in [-0.05, 0) is 65.2 Å². The third kappa shape index (κ3) is 6.33. The number of benzene rings is 4. The normalized spacial score (nSPS) is 10.7. The maximum atomic E-state index is 11.5. The van der Waals surface area contributed by atoms with E-state index in [9.17, 15) is 4.79 Å². The molecule has 34 heavy (non-hydrogen) atoms. The van der Waals surface area contributed by atoms with Crippen LogP contribution in [0, 0.1) is 0 Å². The Morgan fingerprint density at radius 3 is 2.09 bits per heavy atom. The number of carbonyl (C=O) groups excluding carboxylic acids is 1. The highest BCUT2D eigenvalue weighted by atomic mass is 16.5. The number of esters is 1. The highest BCUT2D eigenvalue weighted by molar-refractivity contribution is 5.89. The molecule has 0 aliphatic rings. The van der Waals surface area contributed by atoms with Gasteiger partial charge in [-0.25, -0.2) is 4.79 Å². The standard InChI is InChI=1S/C29H26N2O3/c1-33-29(32)26-16-12-25(13-17-26)22-34-28-18-14-23(15-19-28)20-30-31(27-10-6-3-7-11-27)21-24-8-4-2-5-9-24/h2-20H,21-22H2,1H3. The van der Waals surface area contributed by atoms with Crippen LogP contribution in [0.1, 0.15) is 27.0 Å². The monoisotopic (exact) mass is 450 g/mol. The van der Waals surface area contributed by atoms with Crippen molar-refractivity contribution in [3.63, 3.8) is 0 Å². The summed E-state index contributed by atoms with van der Waals surface area (Å²) in [7, 11) is 1.37. The largest absolute Gasteiger partial charge is 0.489 e. The van der Waals surface area contributed by atoms with E-state index in [0.717, 1.165) is 22.6 Å². The van der Waals surface area contributed by atoms with Gasteiger partial charge in [-0.2, -0.15) is 5.10 Å². The van der Waals surface area contributed by atoms with Gasteiger partial charge in [0, 0.05) is 0 Å². The van der Waals surface area contributed by atoms with E-state index in [1.165, 1.54) is 12.7 Å². The first kappa shape index (κ1) is 22.8. The Labute approximate surface area is 199 Å². The molecule has 0 N–H and O–H groups in total. The molecule has 0 unspecified atom stereocenters. The van der Waals surface area contributed by atoms with Gasteiger partial charge < -0.3 is 9.47 Å². The van der Waals surface area contributed by atoms with Crippen molar-refractivity contribution in [2.45, 2.75) is 13.2 Å². The fourth-order valence-corrected chi connectivity index (χ4v) is 3.36. The quantitative estimate of drug-likeness (QED) is 0.176. The molecule has 0 aliphatic heterocycles. The molecule has 4 aromatic rings. The summed E-state index contributed by atoms with van der Waals surface area (Å²) in [4.78, 5) is 11.5. The highest BCUT2D eigenvalue weighted by Gasteiger charge is 2.06. The van der Waals surface area contributed by atoms with Crippen molar-refractivity contribution in [3.8, 4) is 5.75 Å². The van der Waals surface area contributed by atoms with E-state index >= 15 is 0 Å². The molecule has 0 atom stereocenters. The van der Waals surface area contributed by atoms with Gasteiger partial charge in [-0.3, -0.25) is 5.01 Å². The molecule has 0 heterocycles. The van der Waals surface area contributed by atoms with Crippen LogP contribution in [0.4, 0.5) is 5.69 Å². The van der Waals surface area contributed by atoms with E-state index in [-0.39, 0.29) is 5.97 Å². The molecule has 4 aromatic carbocycles. The van der Waals surface area contributed by atoms with Crippen LogP contribution >= 0.6 is 0 Å². The van der Waals surface area contributed by atoms with Crippen LogP contribution in [0.5, 0.6) is 5.75 Å². The number of para-hydroxylation sites is 1. The predicted octanol–water partition coefficient (Wildman–Crippen LogP) is 6.09. The number of carbonyl (C=O) groups is 1. The Hall–Kier alpha value is -4.38. The summed E-state index contributed by atoms with van der Waals surface area (Å²) in [5.74, 6) is 0.415. The van der Waals surface area contributed by atoms with Crippen molar-refractivity contribution < 1.29 is 14.3 Å². The second-order valence-electron chi connectivity index (χ2n) is 7.67. The summed E-state index contributed by atoms with van der Waals surface area (Å²) in [5, 5.41) is 6.73. The minimum absolute atomic E-state index is 0.348. The minimum Gasteiger partial charge on any atom is -0.489 e. The van der Waals surface area contributed by atoms with Crippen LogP contribution in [0.3, 0.4) is 0 Å². The molecule has 0 fully saturated rings. The second-order valence-corrected chi connectivity index (χ2v) is 7.67. The molecule has 0 saturated heterocycles. The first-order valence-electron chi connectivity index (χ1n) is 11.0. The Bertz CT molecular complexity index is 1210. The van der Waals surface area contributed by atoms with Crippen molar-refractivity contribution in [2.24, 2.45) is 5.10 Å². The summed E-state index contributed by atoms with van der Waals surface area (Å²) in [6.07, 6.45) is 1.85. The van der Waals surface area contributed by atoms with E-state index in [4.69, 9.17) is 14.6 Å². The van der Waals surface area contributed by atoms with E-state index in [1.54, 1.807) is 12.1 Å². The van der Waals surface area contributed by atoms with Crippen molar-refractivity contribution in [2.75, 3.05) is 12.1 Å². The molecule has 0 bridgehead atoms. The topological polar surface area (TPSA) is 51.1 Å². The van der Waals surface area contributed by atoms with Crippen molar-refractivity contribution in [1.29, 1.82) is 0 Å². The van der Waals surface area contributed by atoms with Crippen molar-refractivity contribution >= 4 is 17.9 Å². The number of methoxy groups -OCH3 is 1. The molecule has 5 nitrogen and oxygen atoms in total. The third-order valence-electron chi connectivity index (χ3n) is 5.24. The van der Waals surface area contributed by atoms with E-state index in [1.807, 2.05) is 84.0 Å². The first-order chi connectivity index (χ1) is 16.7. The van der Waals surface area contributed by atoms with E-state index in [2.05, 4.69) is 24.3 Å². The van der Waals surface area contributed by atoms with Crippen LogP contribution in [-0.2, 0) is 17.9 Å². The summed E-state index contributed by atoms with van der Waals surface area (Å²) >= 11 is 0. The van der Waals surface area contributed by atoms with Gasteiger partial charge in [0.05, 0.1) is 31.1 Å². The molecular weight excluding hydrogens is 424 g/mol. The lowest BCUT2D eigenvalue weighted by molar-refractivity contribution is 0.0600. The lowest BCUT2D eigenvalue weighted by Gasteiger charge is -2.19. The number of hydrazone groups is 1. The van der Waals surface area contributed by atoms with Gasteiger partial charge in [-0.15, -0.1) is 0 Å². The average molecular weight is 451 g/mol. The molecule has 0 radical (unpaired) electrons. The molecule has 0 aliphatic carbocycles. The van der Waals surface area contributed by atoms with Gasteiger partial charge in [0.1, 0.15) is 12.4 Å². The van der Waals surface area contributed by atoms with Crippen LogP contribution < -0.4 is 9.75 Å². The number of hydrogen-bond donors (Lipinski definition) is 0. The fraction of sp³-hybridized carbons (Fsp3) is 0.103. The molecule has 5 heteroatoms. The highest BCUT2D eigenvalue weighted by Crippen LogP contribution is 2.18. The molecule has 0 amide bonds. The number of anilines is 1. The van der Waals surface area contributed by atoms with Gasteiger partial charge in [0.25, 0.3) is 0 Å². The zero-order chi connectivity index (χ0) is 23.6. The number of hydrogen-bond acceptors (Lipinski definition) is 5. The third-order valence-corrected chi connectivity index (χ3v) is 5.24. The predicted molar refractivity (Wildman–Crippen MR) is 135 cm³/mol. The van der Waals surface area contributed by atoms with Crippen molar-refractivity contribution in [3.05, 3.63) is 131 Å². The molecule has 0 saturated carbocycles. The zero-order valence-corrected chi connectivity index (χ0v) is 19.0. The fourth-order valence-electron chi connectivity index (χ4n) is 3.36. The number of ether oxygens (including phenoxy) is 2. The maximum absolute atomic E-state index is 11.5. The van der Waals surface area contributed by atoms with Crippen LogP contribution in [-0.4, -0.2) is 19.3 Å².